The summed E-state index contributed by atoms with van der Waals surface area (Å²) in [5.74, 6) is -0.911. The minimum absolute atomic E-state index is 0.0136. The normalized spacial score (nSPS) is 11.6. The molecule has 0 radical (unpaired) electrons. The minimum atomic E-state index is -0.545. The Morgan fingerprint density at radius 1 is 1.12 bits per heavy atom. The van der Waals surface area contributed by atoms with Gasteiger partial charge in [-0.15, -0.1) is 5.10 Å². The summed E-state index contributed by atoms with van der Waals surface area (Å²) in [5.41, 5.74) is 4.97. The number of pyridine rings is 1. The second-order valence-corrected chi connectivity index (χ2v) is 7.70. The van der Waals surface area contributed by atoms with E-state index in [4.69, 9.17) is 9.72 Å². The number of ether oxygens (including phenoxy) is 1. The number of rotatable bonds is 6. The number of aryl methyl sites for hydroxylation is 1. The number of esters is 1. The number of nitrogens with zero attached hydrogens (tertiary/aromatic N) is 4. The van der Waals surface area contributed by atoms with Crippen molar-refractivity contribution in [1.82, 2.24) is 25.0 Å². The van der Waals surface area contributed by atoms with Gasteiger partial charge < -0.3 is 9.72 Å². The van der Waals surface area contributed by atoms with Gasteiger partial charge in [-0.05, 0) is 42.8 Å². The van der Waals surface area contributed by atoms with Crippen LogP contribution in [0.1, 0.15) is 22.6 Å². The van der Waals surface area contributed by atoms with E-state index >= 15 is 0 Å². The first-order valence-corrected chi connectivity index (χ1v) is 10.4. The monoisotopic (exact) mass is 441 g/mol. The van der Waals surface area contributed by atoms with Gasteiger partial charge in [-0.2, -0.15) is 0 Å². The molecule has 0 atom stereocenters. The standard InChI is InChI=1S/C25H20FN5O2/c1-16-25-22(21-7-2-3-8-23(21)28-25)12-19(27-16)13-31-14-20(29-30-31)15-33-24(32)10-9-17-5-4-6-18(26)11-17/h2-12,14,28H,13,15H2,1H3/b10-9+. The highest BCUT2D eigenvalue weighted by Gasteiger charge is 2.11. The fourth-order valence-corrected chi connectivity index (χ4v) is 3.77. The molecule has 0 amide bonds. The van der Waals surface area contributed by atoms with Gasteiger partial charge in [-0.3, -0.25) is 4.98 Å². The molecule has 5 rings (SSSR count). The van der Waals surface area contributed by atoms with Gasteiger partial charge in [0.25, 0.3) is 0 Å². The Hall–Kier alpha value is -4.33. The molecule has 3 heterocycles. The smallest absolute Gasteiger partial charge is 0.331 e. The molecule has 3 aromatic heterocycles. The zero-order chi connectivity index (χ0) is 22.8. The minimum Gasteiger partial charge on any atom is -0.456 e. The molecule has 33 heavy (non-hydrogen) atoms. The van der Waals surface area contributed by atoms with Crippen molar-refractivity contribution in [3.05, 3.63) is 95.3 Å². The largest absolute Gasteiger partial charge is 0.456 e. The maximum absolute atomic E-state index is 13.2. The molecular weight excluding hydrogens is 421 g/mol. The predicted molar refractivity (Wildman–Crippen MR) is 123 cm³/mol. The van der Waals surface area contributed by atoms with Crippen molar-refractivity contribution in [2.75, 3.05) is 0 Å². The first kappa shape index (κ1) is 20.6. The molecule has 5 aromatic rings. The third-order valence-electron chi connectivity index (χ3n) is 5.26. The molecule has 0 unspecified atom stereocenters. The number of hydrogen-bond acceptors (Lipinski definition) is 5. The fraction of sp³-hybridized carbons (Fsp3) is 0.120. The summed E-state index contributed by atoms with van der Waals surface area (Å²) in [7, 11) is 0. The lowest BCUT2D eigenvalue weighted by Gasteiger charge is -2.04. The number of benzene rings is 2. The van der Waals surface area contributed by atoms with E-state index in [1.54, 1.807) is 23.0 Å². The van der Waals surface area contributed by atoms with Crippen LogP contribution in [-0.4, -0.2) is 30.9 Å². The molecule has 2 aromatic carbocycles. The van der Waals surface area contributed by atoms with E-state index in [1.807, 2.05) is 25.1 Å². The quantitative estimate of drug-likeness (QED) is 0.308. The van der Waals surface area contributed by atoms with Gasteiger partial charge in [0.2, 0.25) is 0 Å². The highest BCUT2D eigenvalue weighted by molar-refractivity contribution is 6.07. The van der Waals surface area contributed by atoms with Crippen molar-refractivity contribution < 1.29 is 13.9 Å². The Morgan fingerprint density at radius 2 is 2.00 bits per heavy atom. The maximum Gasteiger partial charge on any atom is 0.331 e. The van der Waals surface area contributed by atoms with E-state index in [2.05, 4.69) is 27.4 Å². The molecule has 0 bridgehead atoms. The van der Waals surface area contributed by atoms with Gasteiger partial charge in [-0.25, -0.2) is 13.9 Å². The van der Waals surface area contributed by atoms with Gasteiger partial charge >= 0.3 is 5.97 Å². The Balaban J connectivity index is 1.25. The maximum atomic E-state index is 13.2. The zero-order valence-electron chi connectivity index (χ0n) is 17.8. The van der Waals surface area contributed by atoms with Crippen molar-refractivity contribution in [3.8, 4) is 0 Å². The Labute approximate surface area is 188 Å². The van der Waals surface area contributed by atoms with E-state index in [0.717, 1.165) is 33.2 Å². The summed E-state index contributed by atoms with van der Waals surface area (Å²) in [6.45, 7) is 2.40. The number of hydrogen-bond donors (Lipinski definition) is 1. The molecule has 7 nitrogen and oxygen atoms in total. The molecule has 164 valence electrons. The lowest BCUT2D eigenvalue weighted by molar-refractivity contribution is -0.139. The van der Waals surface area contributed by atoms with Crippen LogP contribution in [0.2, 0.25) is 0 Å². The Morgan fingerprint density at radius 3 is 2.88 bits per heavy atom. The molecule has 0 saturated carbocycles. The van der Waals surface area contributed by atoms with Crippen molar-refractivity contribution in [2.24, 2.45) is 0 Å². The van der Waals surface area contributed by atoms with Crippen LogP contribution in [0, 0.1) is 12.7 Å². The van der Waals surface area contributed by atoms with Gasteiger partial charge in [0, 0.05) is 22.4 Å². The number of nitrogens with one attached hydrogen (secondary N) is 1. The summed E-state index contributed by atoms with van der Waals surface area (Å²) in [6.07, 6.45) is 4.47. The van der Waals surface area contributed by atoms with Crippen molar-refractivity contribution in [3.63, 3.8) is 0 Å². The van der Waals surface area contributed by atoms with Crippen molar-refractivity contribution in [2.45, 2.75) is 20.1 Å². The van der Waals surface area contributed by atoms with Gasteiger partial charge in [0.15, 0.2) is 0 Å². The third kappa shape index (κ3) is 4.50. The average Bonchev–Trinajstić information content (AvgIpc) is 3.41. The highest BCUT2D eigenvalue weighted by atomic mass is 19.1. The first-order valence-electron chi connectivity index (χ1n) is 10.4. The number of para-hydroxylation sites is 1. The van der Waals surface area contributed by atoms with Crippen LogP contribution in [-0.2, 0) is 22.7 Å². The van der Waals surface area contributed by atoms with Gasteiger partial charge in [-0.1, -0.05) is 35.5 Å². The third-order valence-corrected chi connectivity index (χ3v) is 5.26. The lowest BCUT2D eigenvalue weighted by Crippen LogP contribution is -2.04. The van der Waals surface area contributed by atoms with Gasteiger partial charge in [0.1, 0.15) is 18.1 Å². The van der Waals surface area contributed by atoms with Crippen LogP contribution >= 0.6 is 0 Å². The molecule has 0 aliphatic heterocycles. The molecular formula is C25H20FN5O2. The van der Waals surface area contributed by atoms with E-state index in [9.17, 15) is 9.18 Å². The highest BCUT2D eigenvalue weighted by Crippen LogP contribution is 2.27. The predicted octanol–water partition coefficient (Wildman–Crippen LogP) is 4.56. The van der Waals surface area contributed by atoms with Crippen molar-refractivity contribution >= 4 is 33.9 Å². The van der Waals surface area contributed by atoms with Crippen LogP contribution < -0.4 is 0 Å². The van der Waals surface area contributed by atoms with Crippen LogP contribution in [0.25, 0.3) is 27.9 Å². The number of aromatic nitrogens is 5. The number of carbonyl (C=O) groups excluding carboxylic acids is 1. The number of H-pyrrole nitrogens is 1. The number of carbonyl (C=O) groups is 1. The van der Waals surface area contributed by atoms with Crippen LogP contribution in [0.15, 0.2) is 66.9 Å². The average molecular weight is 441 g/mol. The van der Waals surface area contributed by atoms with Crippen LogP contribution in [0.5, 0.6) is 0 Å². The fourth-order valence-electron chi connectivity index (χ4n) is 3.77. The molecule has 0 spiro atoms. The summed E-state index contributed by atoms with van der Waals surface area (Å²) in [5, 5.41) is 10.5. The van der Waals surface area contributed by atoms with Gasteiger partial charge in [0.05, 0.1) is 29.6 Å². The summed E-state index contributed by atoms with van der Waals surface area (Å²) < 4.78 is 20.1. The molecule has 8 heteroatoms. The molecule has 0 aliphatic rings. The molecule has 1 N–H and O–H groups in total. The van der Waals surface area contributed by atoms with E-state index in [-0.39, 0.29) is 12.4 Å². The van der Waals surface area contributed by atoms with Crippen molar-refractivity contribution in [1.29, 1.82) is 0 Å². The zero-order valence-corrected chi connectivity index (χ0v) is 17.8. The molecule has 0 fully saturated rings. The summed E-state index contributed by atoms with van der Waals surface area (Å²) >= 11 is 0. The summed E-state index contributed by atoms with van der Waals surface area (Å²) in [6, 6.07) is 16.2. The molecule has 0 saturated heterocycles. The van der Waals surface area contributed by atoms with E-state index < -0.39 is 5.97 Å². The van der Waals surface area contributed by atoms with E-state index in [0.29, 0.717) is 17.8 Å². The number of aromatic amines is 1. The SMILES string of the molecule is Cc1nc(Cn2cc(COC(=O)/C=C/c3cccc(F)c3)nn2)cc2c1[nH]c1ccccc12. The van der Waals surface area contributed by atoms with Crippen LogP contribution in [0.3, 0.4) is 0 Å². The summed E-state index contributed by atoms with van der Waals surface area (Å²) in [4.78, 5) is 20.1. The second kappa shape index (κ2) is 8.66. The lowest BCUT2D eigenvalue weighted by atomic mass is 10.1. The Kier molecular flexibility index (Phi) is 5.40. The van der Waals surface area contributed by atoms with E-state index in [1.165, 1.54) is 24.3 Å². The molecule has 0 aliphatic carbocycles. The second-order valence-electron chi connectivity index (χ2n) is 7.70. The topological polar surface area (TPSA) is 85.7 Å². The first-order chi connectivity index (χ1) is 16.0. The Bertz CT molecular complexity index is 1500. The van der Waals surface area contributed by atoms with Crippen LogP contribution in [0.4, 0.5) is 4.39 Å². The number of fused-ring (bicyclic) bond motifs is 3. The number of halogens is 1.